The molecule has 0 aliphatic carbocycles. The number of aliphatic hydroxyl groups excluding tert-OH is 1. The van der Waals surface area contributed by atoms with Gasteiger partial charge in [0, 0.05) is 19.5 Å². The number of nitrogens with zero attached hydrogens (tertiary/aromatic N) is 1. The Kier molecular flexibility index (Phi) is 12.2. The minimum atomic E-state index is -3.99. The molecule has 0 bridgehead atoms. The normalized spacial score (nSPS) is 16.2. The molecular formula is C34H42N2O9S. The van der Waals surface area contributed by atoms with Crippen LogP contribution in [-0.4, -0.2) is 88.7 Å². The van der Waals surface area contributed by atoms with E-state index in [9.17, 15) is 23.1 Å². The van der Waals surface area contributed by atoms with Gasteiger partial charge in [-0.05, 0) is 65.4 Å². The third-order valence-corrected chi connectivity index (χ3v) is 9.46. The summed E-state index contributed by atoms with van der Waals surface area (Å²) < 4.78 is 49.5. The number of alkyl carbamates (subject to hydrolysis) is 1. The number of amides is 1. The van der Waals surface area contributed by atoms with Crippen LogP contribution in [0.4, 0.5) is 4.79 Å². The molecule has 0 aromatic heterocycles. The number of sulfonamides is 1. The van der Waals surface area contributed by atoms with Crippen LogP contribution in [0.25, 0.3) is 11.1 Å². The topological polar surface area (TPSA) is 141 Å². The standard InChI is InChI=1S/C34H42N2O9S/c1-23(2)20-36(46(40,41)30-14-12-28(42-3)13-15-30)21-32(37)31(35-34(39)45-29-16-17-44-22-29)18-24-8-10-25(11-9-24)26-6-5-7-27(19-26)33(38)43-4/h5-15,19,23,29,31-32,37H,16-18,20-22H2,1-4H3,(H,35,39)/t29-,31-,32+/m0/s1. The first kappa shape index (κ1) is 34.9. The van der Waals surface area contributed by atoms with Gasteiger partial charge in [-0.2, -0.15) is 4.31 Å². The number of aliphatic hydroxyl groups is 1. The molecule has 0 spiro atoms. The highest BCUT2D eigenvalue weighted by atomic mass is 32.2. The minimum Gasteiger partial charge on any atom is -0.497 e. The quantitative estimate of drug-likeness (QED) is 0.244. The maximum atomic E-state index is 13.7. The first-order valence-corrected chi connectivity index (χ1v) is 16.6. The molecule has 1 aliphatic heterocycles. The molecule has 3 aromatic carbocycles. The largest absolute Gasteiger partial charge is 0.497 e. The van der Waals surface area contributed by atoms with Crippen molar-refractivity contribution >= 4 is 22.1 Å². The molecule has 0 saturated carbocycles. The summed E-state index contributed by atoms with van der Waals surface area (Å²) >= 11 is 0. The summed E-state index contributed by atoms with van der Waals surface area (Å²) in [6.07, 6.45) is -1.63. The number of hydrogen-bond acceptors (Lipinski definition) is 9. The number of rotatable bonds is 14. The van der Waals surface area contributed by atoms with Gasteiger partial charge < -0.3 is 29.4 Å². The van der Waals surface area contributed by atoms with Crippen molar-refractivity contribution in [2.45, 2.75) is 49.8 Å². The number of carbonyl (C=O) groups is 2. The van der Waals surface area contributed by atoms with E-state index in [0.29, 0.717) is 30.9 Å². The van der Waals surface area contributed by atoms with Crippen molar-refractivity contribution in [1.29, 1.82) is 0 Å². The molecule has 4 rings (SSSR count). The van der Waals surface area contributed by atoms with Gasteiger partial charge in [0.15, 0.2) is 0 Å². The van der Waals surface area contributed by atoms with Gasteiger partial charge in [-0.1, -0.05) is 50.2 Å². The molecule has 1 heterocycles. The van der Waals surface area contributed by atoms with Crippen LogP contribution in [0.15, 0.2) is 77.7 Å². The second-order valence-electron chi connectivity index (χ2n) is 11.6. The Balaban J connectivity index is 1.56. The van der Waals surface area contributed by atoms with Crippen LogP contribution in [0.3, 0.4) is 0 Å². The number of methoxy groups -OCH3 is 2. The fraction of sp³-hybridized carbons (Fsp3) is 0.412. The predicted molar refractivity (Wildman–Crippen MR) is 172 cm³/mol. The summed E-state index contributed by atoms with van der Waals surface area (Å²) in [7, 11) is -1.16. The van der Waals surface area contributed by atoms with E-state index in [4.69, 9.17) is 18.9 Å². The van der Waals surface area contributed by atoms with E-state index >= 15 is 0 Å². The zero-order valence-corrected chi connectivity index (χ0v) is 27.4. The molecule has 2 N–H and O–H groups in total. The van der Waals surface area contributed by atoms with E-state index in [1.54, 1.807) is 30.3 Å². The smallest absolute Gasteiger partial charge is 0.407 e. The van der Waals surface area contributed by atoms with Crippen LogP contribution in [-0.2, 0) is 30.7 Å². The summed E-state index contributed by atoms with van der Waals surface area (Å²) in [5.74, 6) is 0.0501. The fourth-order valence-electron chi connectivity index (χ4n) is 5.17. The number of hydrogen-bond donors (Lipinski definition) is 2. The minimum absolute atomic E-state index is 0.0378. The number of carbonyl (C=O) groups excluding carboxylic acids is 2. The van der Waals surface area contributed by atoms with Crippen molar-refractivity contribution in [1.82, 2.24) is 9.62 Å². The number of nitrogens with one attached hydrogen (secondary N) is 1. The van der Waals surface area contributed by atoms with Gasteiger partial charge >= 0.3 is 12.1 Å². The Labute approximate surface area is 270 Å². The lowest BCUT2D eigenvalue weighted by atomic mass is 9.97. The van der Waals surface area contributed by atoms with Gasteiger partial charge in [0.1, 0.15) is 11.9 Å². The van der Waals surface area contributed by atoms with E-state index < -0.39 is 40.3 Å². The Bertz CT molecular complexity index is 1550. The Morgan fingerprint density at radius 1 is 1.00 bits per heavy atom. The monoisotopic (exact) mass is 654 g/mol. The van der Waals surface area contributed by atoms with E-state index in [0.717, 1.165) is 16.7 Å². The van der Waals surface area contributed by atoms with Crippen molar-refractivity contribution in [3.05, 3.63) is 83.9 Å². The van der Waals surface area contributed by atoms with Crippen molar-refractivity contribution < 1.29 is 42.1 Å². The van der Waals surface area contributed by atoms with E-state index in [2.05, 4.69) is 5.32 Å². The third-order valence-electron chi connectivity index (χ3n) is 7.61. The highest BCUT2D eigenvalue weighted by Gasteiger charge is 2.32. The molecule has 1 fully saturated rings. The van der Waals surface area contributed by atoms with Crippen LogP contribution in [0.2, 0.25) is 0 Å². The molecule has 1 amide bonds. The number of benzene rings is 3. The first-order chi connectivity index (χ1) is 22.0. The second-order valence-corrected chi connectivity index (χ2v) is 13.5. The Morgan fingerprint density at radius 2 is 1.72 bits per heavy atom. The van der Waals surface area contributed by atoms with Crippen LogP contribution in [0.5, 0.6) is 5.75 Å². The second kappa shape index (κ2) is 16.0. The molecule has 0 radical (unpaired) electrons. The first-order valence-electron chi connectivity index (χ1n) is 15.1. The molecule has 248 valence electrons. The van der Waals surface area contributed by atoms with Crippen LogP contribution < -0.4 is 10.1 Å². The van der Waals surface area contributed by atoms with Crippen molar-refractivity contribution in [3.63, 3.8) is 0 Å². The summed E-state index contributed by atoms with van der Waals surface area (Å²) in [4.78, 5) is 25.0. The van der Waals surface area contributed by atoms with Crippen LogP contribution in [0.1, 0.15) is 36.2 Å². The zero-order valence-electron chi connectivity index (χ0n) is 26.5. The van der Waals surface area contributed by atoms with Crippen molar-refractivity contribution in [3.8, 4) is 16.9 Å². The zero-order chi connectivity index (χ0) is 33.3. The highest BCUT2D eigenvalue weighted by molar-refractivity contribution is 7.89. The van der Waals surface area contributed by atoms with Gasteiger partial charge in [-0.25, -0.2) is 18.0 Å². The summed E-state index contributed by atoms with van der Waals surface area (Å²) in [5, 5.41) is 14.3. The molecule has 12 heteroatoms. The average molecular weight is 655 g/mol. The van der Waals surface area contributed by atoms with E-state index in [1.807, 2.05) is 44.2 Å². The maximum Gasteiger partial charge on any atom is 0.407 e. The number of esters is 1. The van der Waals surface area contributed by atoms with Gasteiger partial charge in [-0.3, -0.25) is 0 Å². The molecule has 3 aromatic rings. The van der Waals surface area contributed by atoms with Crippen molar-refractivity contribution in [2.24, 2.45) is 5.92 Å². The third kappa shape index (κ3) is 9.29. The SMILES string of the molecule is COC(=O)c1cccc(-c2ccc(C[C@H](NC(=O)O[C@H]3CCOC3)[C@H](O)CN(CC(C)C)S(=O)(=O)c3ccc(OC)cc3)cc2)c1. The molecule has 0 unspecified atom stereocenters. The molecule has 1 saturated heterocycles. The molecule has 3 atom stereocenters. The van der Waals surface area contributed by atoms with Crippen LogP contribution in [0, 0.1) is 5.92 Å². The summed E-state index contributed by atoms with van der Waals surface area (Å²) in [6, 6.07) is 19.7. The van der Waals surface area contributed by atoms with E-state index in [1.165, 1.54) is 30.7 Å². The van der Waals surface area contributed by atoms with Crippen molar-refractivity contribution in [2.75, 3.05) is 40.5 Å². The fourth-order valence-corrected chi connectivity index (χ4v) is 6.79. The average Bonchev–Trinajstić information content (AvgIpc) is 3.56. The Morgan fingerprint density at radius 3 is 2.33 bits per heavy atom. The lowest BCUT2D eigenvalue weighted by molar-refractivity contribution is 0.0600. The maximum absolute atomic E-state index is 13.7. The van der Waals surface area contributed by atoms with Gasteiger partial charge in [0.2, 0.25) is 10.0 Å². The summed E-state index contributed by atoms with van der Waals surface area (Å²) in [5.41, 5.74) is 2.89. The van der Waals surface area contributed by atoms with Gasteiger partial charge in [0.25, 0.3) is 0 Å². The summed E-state index contributed by atoms with van der Waals surface area (Å²) in [6.45, 7) is 4.46. The van der Waals surface area contributed by atoms with Gasteiger partial charge in [-0.15, -0.1) is 0 Å². The molecule has 46 heavy (non-hydrogen) atoms. The predicted octanol–water partition coefficient (Wildman–Crippen LogP) is 4.28. The van der Waals surface area contributed by atoms with Crippen LogP contribution >= 0.6 is 0 Å². The Hall–Kier alpha value is -3.97. The lowest BCUT2D eigenvalue weighted by Gasteiger charge is -2.30. The van der Waals surface area contributed by atoms with Gasteiger partial charge in [0.05, 0.1) is 50.0 Å². The lowest BCUT2D eigenvalue weighted by Crippen LogP contribution is -2.51. The number of ether oxygens (including phenoxy) is 4. The molecule has 11 nitrogen and oxygen atoms in total. The highest BCUT2D eigenvalue weighted by Crippen LogP contribution is 2.24. The molecule has 1 aliphatic rings. The molecular weight excluding hydrogens is 612 g/mol. The van der Waals surface area contributed by atoms with E-state index in [-0.39, 0.29) is 30.3 Å².